The summed E-state index contributed by atoms with van der Waals surface area (Å²) in [4.78, 5) is 2.47. The van der Waals surface area contributed by atoms with Gasteiger partial charge in [0, 0.05) is 38.9 Å². The van der Waals surface area contributed by atoms with Crippen LogP contribution in [0, 0.1) is 0 Å². The van der Waals surface area contributed by atoms with E-state index in [1.807, 2.05) is 0 Å². The molecule has 2 nitrogen and oxygen atoms in total. The molecule has 0 unspecified atom stereocenters. The van der Waals surface area contributed by atoms with Gasteiger partial charge in [-0.1, -0.05) is 184 Å². The monoisotopic (exact) mass is 840 g/mol. The van der Waals surface area contributed by atoms with Crippen LogP contribution in [0.2, 0.25) is 0 Å². The smallest absolute Gasteiger partial charge is 0.0725 e. The minimum absolute atomic E-state index is 0.140. The summed E-state index contributed by atoms with van der Waals surface area (Å²) in [6.45, 7) is 4.74. The molecule has 3 aliphatic rings. The Bertz CT molecular complexity index is 3730. The highest BCUT2D eigenvalue weighted by Crippen LogP contribution is 2.64. The standard InChI is InChI=1S/C64H44N2/c1-63(2)53-25-13-9-21-47(53)50-35-33-46(40-58(50)63)65(44-31-29-42(30-32-44)41-17-5-3-6-18-41)45-34-37-59-52(39-45)62-60(66(59)43-19-7-4-8-20-43)38-36-57-61(62)51-24-12-16-28-56(51)64(57)54-26-14-10-22-48(54)49-23-11-15-27-55(49)64/h3-40H,1-2H3. The van der Waals surface area contributed by atoms with E-state index in [1.54, 1.807) is 0 Å². The van der Waals surface area contributed by atoms with Crippen molar-refractivity contribution in [3.8, 4) is 50.2 Å². The van der Waals surface area contributed by atoms with Crippen LogP contribution >= 0.6 is 0 Å². The highest BCUT2D eigenvalue weighted by Gasteiger charge is 2.52. The normalized spacial score (nSPS) is 14.2. The molecule has 0 bridgehead atoms. The van der Waals surface area contributed by atoms with Crippen molar-refractivity contribution in [2.75, 3.05) is 4.90 Å². The van der Waals surface area contributed by atoms with Crippen molar-refractivity contribution >= 4 is 38.9 Å². The van der Waals surface area contributed by atoms with Crippen LogP contribution < -0.4 is 4.90 Å². The number of hydrogen-bond donors (Lipinski definition) is 0. The van der Waals surface area contributed by atoms with Gasteiger partial charge < -0.3 is 9.47 Å². The number of aromatic nitrogens is 1. The van der Waals surface area contributed by atoms with Gasteiger partial charge in [-0.05, 0) is 139 Å². The molecule has 0 radical (unpaired) electrons. The molecule has 0 aliphatic heterocycles. The van der Waals surface area contributed by atoms with Gasteiger partial charge in [-0.3, -0.25) is 0 Å². The van der Waals surface area contributed by atoms with Crippen molar-refractivity contribution in [1.29, 1.82) is 0 Å². The molecule has 10 aromatic carbocycles. The molecule has 1 spiro atoms. The highest BCUT2D eigenvalue weighted by molar-refractivity contribution is 6.19. The van der Waals surface area contributed by atoms with Crippen molar-refractivity contribution in [2.45, 2.75) is 24.7 Å². The third-order valence-corrected chi connectivity index (χ3v) is 15.2. The molecule has 0 amide bonds. The summed E-state index contributed by atoms with van der Waals surface area (Å²) in [5.74, 6) is 0. The fourth-order valence-electron chi connectivity index (χ4n) is 12.4. The maximum absolute atomic E-state index is 2.48. The Labute approximate surface area is 385 Å². The molecular formula is C64H44N2. The summed E-state index contributed by atoms with van der Waals surface area (Å²) < 4.78 is 2.48. The number of nitrogens with zero attached hydrogens (tertiary/aromatic N) is 2. The number of anilines is 3. The van der Waals surface area contributed by atoms with Crippen LogP contribution in [0.4, 0.5) is 17.1 Å². The number of hydrogen-bond acceptors (Lipinski definition) is 1. The minimum atomic E-state index is -0.437. The summed E-state index contributed by atoms with van der Waals surface area (Å²) in [6.07, 6.45) is 0. The van der Waals surface area contributed by atoms with E-state index in [0.29, 0.717) is 0 Å². The van der Waals surface area contributed by atoms with Crippen LogP contribution in [-0.2, 0) is 10.8 Å². The Morgan fingerprint density at radius 1 is 0.348 bits per heavy atom. The quantitative estimate of drug-likeness (QED) is 0.168. The molecule has 0 atom stereocenters. The largest absolute Gasteiger partial charge is 0.310 e. The highest BCUT2D eigenvalue weighted by atomic mass is 15.1. The lowest BCUT2D eigenvalue weighted by molar-refractivity contribution is 0.660. The van der Waals surface area contributed by atoms with Gasteiger partial charge in [0.05, 0.1) is 16.4 Å². The molecule has 1 aromatic heterocycles. The Morgan fingerprint density at radius 2 is 0.833 bits per heavy atom. The molecule has 11 aromatic rings. The van der Waals surface area contributed by atoms with Crippen molar-refractivity contribution < 1.29 is 0 Å². The predicted octanol–water partition coefficient (Wildman–Crippen LogP) is 16.6. The molecule has 2 heteroatoms. The lowest BCUT2D eigenvalue weighted by Crippen LogP contribution is -2.25. The summed E-state index contributed by atoms with van der Waals surface area (Å²) in [5.41, 5.74) is 24.8. The number of rotatable bonds is 5. The summed E-state index contributed by atoms with van der Waals surface area (Å²) in [7, 11) is 0. The second-order valence-corrected chi connectivity index (χ2v) is 18.8. The summed E-state index contributed by atoms with van der Waals surface area (Å²) >= 11 is 0. The van der Waals surface area contributed by atoms with E-state index in [1.165, 1.54) is 99.7 Å². The third-order valence-electron chi connectivity index (χ3n) is 15.2. The lowest BCUT2D eigenvalue weighted by Gasteiger charge is -2.30. The Hall–Kier alpha value is -8.20. The first-order valence-corrected chi connectivity index (χ1v) is 23.2. The average molecular weight is 841 g/mol. The van der Waals surface area contributed by atoms with Crippen LogP contribution in [0.15, 0.2) is 231 Å². The van der Waals surface area contributed by atoms with Gasteiger partial charge in [0.25, 0.3) is 0 Å². The first kappa shape index (κ1) is 37.2. The van der Waals surface area contributed by atoms with Crippen LogP contribution in [-0.4, -0.2) is 4.57 Å². The maximum Gasteiger partial charge on any atom is 0.0725 e. The van der Waals surface area contributed by atoms with Crippen LogP contribution in [0.3, 0.4) is 0 Å². The second-order valence-electron chi connectivity index (χ2n) is 18.8. The van der Waals surface area contributed by atoms with Gasteiger partial charge in [-0.25, -0.2) is 0 Å². The van der Waals surface area contributed by atoms with Crippen molar-refractivity contribution in [3.63, 3.8) is 0 Å². The van der Waals surface area contributed by atoms with E-state index >= 15 is 0 Å². The molecular weight excluding hydrogens is 797 g/mol. The van der Waals surface area contributed by atoms with Crippen LogP contribution in [0.1, 0.15) is 47.2 Å². The fraction of sp³-hybridized carbons (Fsp3) is 0.0625. The molecule has 3 aliphatic carbocycles. The zero-order valence-electron chi connectivity index (χ0n) is 36.8. The van der Waals surface area contributed by atoms with Gasteiger partial charge >= 0.3 is 0 Å². The van der Waals surface area contributed by atoms with Gasteiger partial charge in [0.1, 0.15) is 0 Å². The second kappa shape index (κ2) is 13.7. The third kappa shape index (κ3) is 4.91. The topological polar surface area (TPSA) is 8.17 Å². The molecule has 66 heavy (non-hydrogen) atoms. The SMILES string of the molecule is CC1(C)c2ccccc2-c2ccc(N(c3ccc(-c4ccccc4)cc3)c3ccc4c(c3)c3c5c(ccc3n4-c3ccccc3)C3(c4ccccc4-c4ccccc43)c3ccccc3-5)cc21. The first-order chi connectivity index (χ1) is 32.5. The molecule has 14 rings (SSSR count). The van der Waals surface area contributed by atoms with Crippen molar-refractivity contribution in [3.05, 3.63) is 264 Å². The summed E-state index contributed by atoms with van der Waals surface area (Å²) in [6, 6.07) is 86.2. The average Bonchev–Trinajstić information content (AvgIpc) is 4.05. The molecule has 0 N–H and O–H groups in total. The lowest BCUT2D eigenvalue weighted by atomic mass is 9.70. The van der Waals surface area contributed by atoms with Crippen LogP contribution in [0.25, 0.3) is 72.0 Å². The molecule has 1 heterocycles. The molecule has 0 fully saturated rings. The van der Waals surface area contributed by atoms with Crippen molar-refractivity contribution in [2.24, 2.45) is 0 Å². The Morgan fingerprint density at radius 3 is 1.52 bits per heavy atom. The van der Waals surface area contributed by atoms with Crippen molar-refractivity contribution in [1.82, 2.24) is 4.57 Å². The van der Waals surface area contributed by atoms with E-state index in [2.05, 4.69) is 254 Å². The molecule has 310 valence electrons. The van der Waals surface area contributed by atoms with Gasteiger partial charge in [-0.15, -0.1) is 0 Å². The molecule has 0 saturated heterocycles. The minimum Gasteiger partial charge on any atom is -0.310 e. The van der Waals surface area contributed by atoms with E-state index in [0.717, 1.165) is 22.7 Å². The number of para-hydroxylation sites is 1. The zero-order chi connectivity index (χ0) is 43.7. The van der Waals surface area contributed by atoms with E-state index in [9.17, 15) is 0 Å². The summed E-state index contributed by atoms with van der Waals surface area (Å²) in [5, 5.41) is 2.51. The first-order valence-electron chi connectivity index (χ1n) is 23.2. The zero-order valence-corrected chi connectivity index (χ0v) is 36.8. The predicted molar refractivity (Wildman–Crippen MR) is 275 cm³/mol. The fourth-order valence-corrected chi connectivity index (χ4v) is 12.4. The van der Waals surface area contributed by atoms with Gasteiger partial charge in [-0.2, -0.15) is 0 Å². The van der Waals surface area contributed by atoms with E-state index in [4.69, 9.17) is 0 Å². The number of benzene rings is 10. The number of fused-ring (bicyclic) bond motifs is 17. The Balaban J connectivity index is 1.06. The van der Waals surface area contributed by atoms with Gasteiger partial charge in [0.15, 0.2) is 0 Å². The maximum atomic E-state index is 2.48. The Kier molecular flexibility index (Phi) is 7.70. The van der Waals surface area contributed by atoms with Crippen LogP contribution in [0.5, 0.6) is 0 Å². The van der Waals surface area contributed by atoms with E-state index in [-0.39, 0.29) is 5.41 Å². The van der Waals surface area contributed by atoms with Gasteiger partial charge in [0.2, 0.25) is 0 Å². The van der Waals surface area contributed by atoms with E-state index < -0.39 is 5.41 Å². The molecule has 0 saturated carbocycles.